The zero-order chi connectivity index (χ0) is 13.1. The summed E-state index contributed by atoms with van der Waals surface area (Å²) in [6.45, 7) is 0. The smallest absolute Gasteiger partial charge is 0.260 e. The van der Waals surface area contributed by atoms with Crippen molar-refractivity contribution in [3.8, 4) is 0 Å². The first-order valence-corrected chi connectivity index (χ1v) is 8.49. The zero-order valence-corrected chi connectivity index (χ0v) is 12.2. The number of carbonyl (C=O) groups excluding carboxylic acids is 2. The van der Waals surface area contributed by atoms with Gasteiger partial charge in [-0.15, -0.1) is 23.5 Å². The van der Waals surface area contributed by atoms with E-state index in [0.717, 1.165) is 16.2 Å². The number of rotatable bonds is 4. The summed E-state index contributed by atoms with van der Waals surface area (Å²) in [5, 5.41) is 2.71. The third kappa shape index (κ3) is 2.67. The number of amides is 1. The second kappa shape index (κ2) is 5.97. The minimum atomic E-state index is -0.268. The molecule has 1 saturated carbocycles. The molecule has 18 heavy (non-hydrogen) atoms. The van der Waals surface area contributed by atoms with Gasteiger partial charge in [-0.1, -0.05) is 19.3 Å². The Morgan fingerprint density at radius 1 is 1.33 bits per heavy atom. The van der Waals surface area contributed by atoms with Crippen LogP contribution in [0.5, 0.6) is 0 Å². The van der Waals surface area contributed by atoms with E-state index in [9.17, 15) is 9.59 Å². The van der Waals surface area contributed by atoms with Crippen LogP contribution in [0.4, 0.5) is 0 Å². The molecule has 1 fully saturated rings. The summed E-state index contributed by atoms with van der Waals surface area (Å²) >= 11 is 2.92. The molecule has 2 aliphatic rings. The van der Waals surface area contributed by atoms with Crippen molar-refractivity contribution < 1.29 is 9.59 Å². The summed E-state index contributed by atoms with van der Waals surface area (Å²) in [6, 6.07) is 0. The van der Waals surface area contributed by atoms with Crippen molar-refractivity contribution in [2.24, 2.45) is 5.92 Å². The zero-order valence-electron chi connectivity index (χ0n) is 10.6. The van der Waals surface area contributed by atoms with E-state index < -0.39 is 0 Å². The molecule has 0 aromatic heterocycles. The first-order chi connectivity index (χ1) is 8.67. The Bertz CT molecular complexity index is 430. The summed E-state index contributed by atoms with van der Waals surface area (Å²) in [5.41, 5.74) is 1.08. The quantitative estimate of drug-likeness (QED) is 0.636. The number of allylic oxidation sites excluding steroid dienone is 1. The van der Waals surface area contributed by atoms with Crippen LogP contribution in [0.15, 0.2) is 21.6 Å². The summed E-state index contributed by atoms with van der Waals surface area (Å²) in [4.78, 5) is 24.2. The van der Waals surface area contributed by atoms with Crippen LogP contribution < -0.4 is 5.32 Å². The van der Waals surface area contributed by atoms with Gasteiger partial charge in [-0.25, -0.2) is 0 Å². The number of hydrogen-bond donors (Lipinski definition) is 1. The highest BCUT2D eigenvalue weighted by Gasteiger charge is 2.31. The maximum absolute atomic E-state index is 12.4. The maximum atomic E-state index is 12.4. The molecule has 2 rings (SSSR count). The third-order valence-corrected chi connectivity index (χ3v) is 5.58. The van der Waals surface area contributed by atoms with E-state index in [2.05, 4.69) is 5.32 Å². The Morgan fingerprint density at radius 3 is 2.50 bits per heavy atom. The number of carbonyl (C=O) groups is 2. The molecule has 1 N–H and O–H groups in total. The first-order valence-electron chi connectivity index (χ1n) is 6.04. The number of ketones is 1. The highest BCUT2D eigenvalue weighted by atomic mass is 32.2. The normalized spacial score (nSPS) is 20.3. The Labute approximate surface area is 116 Å². The fraction of sp³-hybridized carbons (Fsp3) is 0.538. The summed E-state index contributed by atoms with van der Waals surface area (Å²) in [6.07, 6.45) is 9.86. The van der Waals surface area contributed by atoms with E-state index in [1.807, 2.05) is 12.5 Å². The second-order valence-corrected chi connectivity index (χ2v) is 6.44. The lowest BCUT2D eigenvalue weighted by Gasteiger charge is -2.27. The molecule has 1 heterocycles. The minimum Gasteiger partial charge on any atom is -0.328 e. The van der Waals surface area contributed by atoms with Crippen LogP contribution in [0.2, 0.25) is 0 Å². The van der Waals surface area contributed by atoms with Gasteiger partial charge in [0.15, 0.2) is 5.78 Å². The van der Waals surface area contributed by atoms with Crippen molar-refractivity contribution in [1.29, 1.82) is 0 Å². The molecule has 0 unspecified atom stereocenters. The molecule has 0 aromatic rings. The van der Waals surface area contributed by atoms with E-state index >= 15 is 0 Å². The molecule has 5 heteroatoms. The topological polar surface area (TPSA) is 46.2 Å². The van der Waals surface area contributed by atoms with Gasteiger partial charge in [0.1, 0.15) is 5.57 Å². The van der Waals surface area contributed by atoms with Crippen LogP contribution >= 0.6 is 23.5 Å². The van der Waals surface area contributed by atoms with Crippen molar-refractivity contribution in [1.82, 2.24) is 5.32 Å². The number of nitrogens with one attached hydrogen (secondary N) is 1. The molecule has 0 radical (unpaired) electrons. The first kappa shape index (κ1) is 13.7. The summed E-state index contributed by atoms with van der Waals surface area (Å²) in [7, 11) is 0. The number of hydrogen-bond acceptors (Lipinski definition) is 4. The van der Waals surface area contributed by atoms with Gasteiger partial charge in [-0.2, -0.15) is 0 Å². The fourth-order valence-corrected chi connectivity index (χ4v) is 3.63. The largest absolute Gasteiger partial charge is 0.328 e. The Kier molecular flexibility index (Phi) is 4.56. The van der Waals surface area contributed by atoms with Crippen molar-refractivity contribution >= 4 is 35.2 Å². The van der Waals surface area contributed by atoms with Crippen LogP contribution in [0.3, 0.4) is 0 Å². The lowest BCUT2D eigenvalue weighted by molar-refractivity contribution is -0.121. The van der Waals surface area contributed by atoms with Crippen molar-refractivity contribution in [2.75, 3.05) is 12.5 Å². The SMILES string of the molecule is CSC(SC)=C1C(=O)NC=C(CC2CCC2)C1=O. The molecule has 0 aromatic carbocycles. The molecule has 3 nitrogen and oxygen atoms in total. The maximum Gasteiger partial charge on any atom is 0.260 e. The minimum absolute atomic E-state index is 0.0793. The Morgan fingerprint density at radius 2 is 2.00 bits per heavy atom. The Hall–Kier alpha value is -0.680. The van der Waals surface area contributed by atoms with Crippen LogP contribution in [0, 0.1) is 5.92 Å². The molecule has 98 valence electrons. The third-order valence-electron chi connectivity index (χ3n) is 3.43. The summed E-state index contributed by atoms with van der Waals surface area (Å²) < 4.78 is 0.803. The van der Waals surface area contributed by atoms with Gasteiger partial charge in [0.2, 0.25) is 0 Å². The molecule has 1 aliphatic carbocycles. The van der Waals surface area contributed by atoms with Crippen molar-refractivity contribution in [2.45, 2.75) is 25.7 Å². The van der Waals surface area contributed by atoms with Crippen molar-refractivity contribution in [3.63, 3.8) is 0 Å². The molecule has 0 saturated heterocycles. The van der Waals surface area contributed by atoms with Crippen LogP contribution in [-0.4, -0.2) is 24.2 Å². The van der Waals surface area contributed by atoms with E-state index in [1.54, 1.807) is 6.20 Å². The molecular formula is C13H17NO2S2. The van der Waals surface area contributed by atoms with E-state index in [0.29, 0.717) is 11.5 Å². The number of thioether (sulfide) groups is 2. The predicted octanol–water partition coefficient (Wildman–Crippen LogP) is 2.70. The molecule has 1 amide bonds. The van der Waals surface area contributed by atoms with E-state index in [4.69, 9.17) is 0 Å². The van der Waals surface area contributed by atoms with Gasteiger partial charge >= 0.3 is 0 Å². The lowest BCUT2D eigenvalue weighted by Crippen LogP contribution is -2.33. The average molecular weight is 283 g/mol. The second-order valence-electron chi connectivity index (χ2n) is 4.54. The average Bonchev–Trinajstić information content (AvgIpc) is 2.31. The lowest BCUT2D eigenvalue weighted by atomic mass is 9.79. The van der Waals surface area contributed by atoms with Gasteiger partial charge in [0, 0.05) is 11.8 Å². The van der Waals surface area contributed by atoms with Gasteiger partial charge in [-0.3, -0.25) is 9.59 Å². The van der Waals surface area contributed by atoms with Crippen LogP contribution in [0.1, 0.15) is 25.7 Å². The van der Waals surface area contributed by atoms with Gasteiger partial charge in [0.05, 0.1) is 4.24 Å². The fourth-order valence-electron chi connectivity index (χ4n) is 2.19. The Balaban J connectivity index is 2.22. The van der Waals surface area contributed by atoms with Crippen LogP contribution in [0.25, 0.3) is 0 Å². The van der Waals surface area contributed by atoms with Crippen molar-refractivity contribution in [3.05, 3.63) is 21.6 Å². The van der Waals surface area contributed by atoms with Gasteiger partial charge < -0.3 is 5.32 Å². The molecule has 1 aliphatic heterocycles. The molecule has 0 bridgehead atoms. The number of Topliss-reactive ketones (excluding diaryl/α,β-unsaturated/α-hetero) is 1. The highest BCUT2D eigenvalue weighted by molar-refractivity contribution is 8.21. The van der Waals surface area contributed by atoms with E-state index in [-0.39, 0.29) is 11.7 Å². The predicted molar refractivity (Wildman–Crippen MR) is 77.2 cm³/mol. The molecule has 0 atom stereocenters. The van der Waals surface area contributed by atoms with Crippen LogP contribution in [-0.2, 0) is 9.59 Å². The summed E-state index contributed by atoms with van der Waals surface area (Å²) in [5.74, 6) is 0.281. The van der Waals surface area contributed by atoms with E-state index in [1.165, 1.54) is 42.8 Å². The van der Waals surface area contributed by atoms with Gasteiger partial charge in [0.25, 0.3) is 5.91 Å². The molecule has 0 spiro atoms. The standard InChI is InChI=1S/C13H17NO2S2/c1-17-13(18-2)10-11(15)9(7-14-12(10)16)6-8-4-3-5-8/h7-8H,3-6H2,1-2H3,(H,14,16). The monoisotopic (exact) mass is 283 g/mol. The molecular weight excluding hydrogens is 266 g/mol. The van der Waals surface area contributed by atoms with Gasteiger partial charge in [-0.05, 0) is 24.9 Å². The highest BCUT2D eigenvalue weighted by Crippen LogP contribution is 2.35.